The minimum atomic E-state index is -1.57. The van der Waals surface area contributed by atoms with Crippen LogP contribution in [0.25, 0.3) is 0 Å². The van der Waals surface area contributed by atoms with Crippen LogP contribution in [0.3, 0.4) is 0 Å². The van der Waals surface area contributed by atoms with Gasteiger partial charge in [-0.2, -0.15) is 0 Å². The summed E-state index contributed by atoms with van der Waals surface area (Å²) in [4.78, 5) is 11.7. The Morgan fingerprint density at radius 1 is 1.38 bits per heavy atom. The summed E-state index contributed by atoms with van der Waals surface area (Å²) in [6.07, 6.45) is 3.35. The first kappa shape index (κ1) is 10.9. The summed E-state index contributed by atoms with van der Waals surface area (Å²) in [7, 11) is -1.57. The zero-order valence-corrected chi connectivity index (χ0v) is 9.84. The predicted octanol–water partition coefficient (Wildman–Crippen LogP) is 1.98. The van der Waals surface area contributed by atoms with Crippen molar-refractivity contribution in [3.8, 4) is 0 Å². The molecule has 1 rings (SSSR count). The van der Waals surface area contributed by atoms with Gasteiger partial charge >= 0.3 is 0 Å². The Bertz CT molecular complexity index is 196. The van der Waals surface area contributed by atoms with Crippen molar-refractivity contribution in [1.29, 1.82) is 0 Å². The number of carbonyl (C=O) groups is 1. The van der Waals surface area contributed by atoms with E-state index in [0.29, 0.717) is 17.7 Å². The molecule has 2 nitrogen and oxygen atoms in total. The van der Waals surface area contributed by atoms with Gasteiger partial charge in [-0.15, -0.1) is 0 Å². The van der Waals surface area contributed by atoms with Crippen LogP contribution in [0.15, 0.2) is 0 Å². The van der Waals surface area contributed by atoms with Gasteiger partial charge in [0.05, 0.1) is 6.10 Å². The highest BCUT2D eigenvalue weighted by Crippen LogP contribution is 2.29. The molecular weight excluding hydrogens is 180 g/mol. The molecule has 0 aromatic carbocycles. The van der Waals surface area contributed by atoms with E-state index in [1.807, 2.05) is 0 Å². The second kappa shape index (κ2) is 3.92. The van der Waals surface area contributed by atoms with E-state index in [9.17, 15) is 9.90 Å². The number of hydrogen-bond acceptors (Lipinski definition) is 2. The third kappa shape index (κ3) is 3.23. The Morgan fingerprint density at radius 2 is 2.00 bits per heavy atom. The quantitative estimate of drug-likeness (QED) is 0.707. The summed E-state index contributed by atoms with van der Waals surface area (Å²) < 4.78 is 0. The van der Waals surface area contributed by atoms with Crippen molar-refractivity contribution in [2.24, 2.45) is 5.92 Å². The molecule has 0 aromatic heterocycles. The smallest absolute Gasteiger partial charge is 0.123 e. The molecule has 0 saturated heterocycles. The molecule has 0 bridgehead atoms. The van der Waals surface area contributed by atoms with Crippen molar-refractivity contribution in [3.63, 3.8) is 0 Å². The topological polar surface area (TPSA) is 37.3 Å². The molecule has 2 atom stereocenters. The molecule has 0 aromatic rings. The largest absolute Gasteiger partial charge is 0.393 e. The number of aliphatic hydroxyl groups excluding tert-OH is 1. The van der Waals surface area contributed by atoms with Gasteiger partial charge in [-0.3, -0.25) is 0 Å². The van der Waals surface area contributed by atoms with Crippen LogP contribution in [-0.4, -0.2) is 24.7 Å². The molecule has 13 heavy (non-hydrogen) atoms. The molecule has 0 aliphatic heterocycles. The van der Waals surface area contributed by atoms with Crippen LogP contribution in [0, 0.1) is 5.92 Å². The van der Waals surface area contributed by atoms with E-state index in [2.05, 4.69) is 19.6 Å². The lowest BCUT2D eigenvalue weighted by Gasteiger charge is -2.17. The number of aliphatic hydroxyl groups is 1. The van der Waals surface area contributed by atoms with Gasteiger partial charge in [0.25, 0.3) is 0 Å². The maximum absolute atomic E-state index is 11.7. The van der Waals surface area contributed by atoms with E-state index >= 15 is 0 Å². The van der Waals surface area contributed by atoms with Crippen LogP contribution in [0.1, 0.15) is 25.7 Å². The highest BCUT2D eigenvalue weighted by molar-refractivity contribution is 7.03. The van der Waals surface area contributed by atoms with Crippen molar-refractivity contribution in [1.82, 2.24) is 0 Å². The van der Waals surface area contributed by atoms with Crippen molar-refractivity contribution in [2.45, 2.75) is 51.4 Å². The van der Waals surface area contributed by atoms with Gasteiger partial charge < -0.3 is 9.90 Å². The third-order valence-electron chi connectivity index (χ3n) is 2.82. The van der Waals surface area contributed by atoms with E-state index in [1.165, 1.54) is 0 Å². The van der Waals surface area contributed by atoms with Crippen molar-refractivity contribution in [2.75, 3.05) is 0 Å². The summed E-state index contributed by atoms with van der Waals surface area (Å²) in [5, 5.41) is 9.78. The lowest BCUT2D eigenvalue weighted by Crippen LogP contribution is -2.34. The van der Waals surface area contributed by atoms with Gasteiger partial charge in [-0.25, -0.2) is 0 Å². The monoisotopic (exact) mass is 200 g/mol. The number of hydrogen-bond donors (Lipinski definition) is 1. The van der Waals surface area contributed by atoms with Crippen LogP contribution in [0.5, 0.6) is 0 Å². The molecule has 1 aliphatic carbocycles. The van der Waals surface area contributed by atoms with Crippen LogP contribution in [0.4, 0.5) is 0 Å². The average molecular weight is 200 g/mol. The Morgan fingerprint density at radius 3 is 2.38 bits per heavy atom. The molecule has 3 heteroatoms. The summed E-state index contributed by atoms with van der Waals surface area (Å²) in [5.41, 5.74) is 0. The molecule has 0 spiro atoms. The lowest BCUT2D eigenvalue weighted by atomic mass is 10.1. The first-order valence-corrected chi connectivity index (χ1v) is 8.61. The molecule has 1 aliphatic rings. The number of carbonyl (C=O) groups excluding carboxylic acids is 1. The zero-order chi connectivity index (χ0) is 10.1. The molecule has 0 heterocycles. The lowest BCUT2D eigenvalue weighted by molar-refractivity contribution is -0.113. The van der Waals surface area contributed by atoms with Gasteiger partial charge in [-0.1, -0.05) is 19.6 Å². The van der Waals surface area contributed by atoms with Crippen LogP contribution < -0.4 is 0 Å². The molecule has 1 N–H and O–H groups in total. The Hall–Kier alpha value is -0.153. The van der Waals surface area contributed by atoms with Crippen LogP contribution >= 0.6 is 0 Å². The predicted molar refractivity (Wildman–Crippen MR) is 56.3 cm³/mol. The first-order chi connectivity index (χ1) is 5.89. The van der Waals surface area contributed by atoms with E-state index in [-0.39, 0.29) is 6.10 Å². The fourth-order valence-electron chi connectivity index (χ4n) is 1.80. The van der Waals surface area contributed by atoms with Gasteiger partial charge in [0, 0.05) is 6.42 Å². The molecule has 0 amide bonds. The standard InChI is InChI=1S/C10H20O2Si/c1-13(2,3)10(12)7-8-4-5-9(11)6-8/h8-9,11H,4-7H2,1-3H3/t8-,9+/m1/s1. The summed E-state index contributed by atoms with van der Waals surface area (Å²) in [5.74, 6) is 0.467. The summed E-state index contributed by atoms with van der Waals surface area (Å²) in [6, 6.07) is 0. The molecule has 0 radical (unpaired) electrons. The number of rotatable bonds is 3. The minimum Gasteiger partial charge on any atom is -0.393 e. The molecule has 0 unspecified atom stereocenters. The molecular formula is C10H20O2Si. The fraction of sp³-hybridized carbons (Fsp3) is 0.900. The summed E-state index contributed by atoms with van der Waals surface area (Å²) >= 11 is 0. The molecule has 1 fully saturated rings. The average Bonchev–Trinajstić information content (AvgIpc) is 2.33. The Kier molecular flexibility index (Phi) is 3.30. The Balaban J connectivity index is 2.37. The van der Waals surface area contributed by atoms with Crippen LogP contribution in [-0.2, 0) is 4.79 Å². The third-order valence-corrected chi connectivity index (χ3v) is 4.70. The van der Waals surface area contributed by atoms with Gasteiger partial charge in [0.15, 0.2) is 0 Å². The van der Waals surface area contributed by atoms with Gasteiger partial charge in [-0.05, 0) is 25.2 Å². The van der Waals surface area contributed by atoms with Gasteiger partial charge in [0.2, 0.25) is 0 Å². The van der Waals surface area contributed by atoms with Crippen molar-refractivity contribution < 1.29 is 9.90 Å². The highest BCUT2D eigenvalue weighted by Gasteiger charge is 2.30. The van der Waals surface area contributed by atoms with E-state index < -0.39 is 8.07 Å². The first-order valence-electron chi connectivity index (χ1n) is 5.11. The minimum absolute atomic E-state index is 0.139. The normalized spacial score (nSPS) is 29.2. The highest BCUT2D eigenvalue weighted by atomic mass is 28.3. The SMILES string of the molecule is C[Si](C)(C)C(=O)C[C@@H]1CC[C@H](O)C1. The maximum Gasteiger partial charge on any atom is 0.123 e. The van der Waals surface area contributed by atoms with E-state index in [4.69, 9.17) is 0 Å². The molecule has 76 valence electrons. The van der Waals surface area contributed by atoms with E-state index in [0.717, 1.165) is 19.3 Å². The van der Waals surface area contributed by atoms with Crippen molar-refractivity contribution >= 4 is 13.5 Å². The Labute approximate surface area is 81.4 Å². The van der Waals surface area contributed by atoms with Crippen molar-refractivity contribution in [3.05, 3.63) is 0 Å². The molecule has 1 saturated carbocycles. The second-order valence-corrected chi connectivity index (χ2v) is 10.3. The summed E-state index contributed by atoms with van der Waals surface area (Å²) in [6.45, 7) is 6.29. The van der Waals surface area contributed by atoms with Crippen LogP contribution in [0.2, 0.25) is 19.6 Å². The second-order valence-electron chi connectivity index (χ2n) is 5.21. The zero-order valence-electron chi connectivity index (χ0n) is 8.84. The van der Waals surface area contributed by atoms with E-state index in [1.54, 1.807) is 0 Å². The van der Waals surface area contributed by atoms with Gasteiger partial charge in [0.1, 0.15) is 13.5 Å². The fourth-order valence-corrected chi connectivity index (χ4v) is 2.70. The maximum atomic E-state index is 11.7.